The van der Waals surface area contributed by atoms with Crippen molar-refractivity contribution >= 4 is 23.4 Å². The van der Waals surface area contributed by atoms with Crippen LogP contribution in [0.1, 0.15) is 33.6 Å². The van der Waals surface area contributed by atoms with Crippen molar-refractivity contribution in [2.45, 2.75) is 32.4 Å². The highest BCUT2D eigenvalue weighted by Gasteiger charge is 2.31. The van der Waals surface area contributed by atoms with Gasteiger partial charge in [-0.3, -0.25) is 4.79 Å². The van der Waals surface area contributed by atoms with Crippen LogP contribution in [0.2, 0.25) is 0 Å². The van der Waals surface area contributed by atoms with E-state index in [1.807, 2.05) is 13.0 Å². The molecule has 1 aliphatic carbocycles. The average molecular weight is 272 g/mol. The molecule has 1 saturated carbocycles. The number of hydrogen-bond acceptors (Lipinski definition) is 4. The van der Waals surface area contributed by atoms with E-state index in [2.05, 4.69) is 27.4 Å². The summed E-state index contributed by atoms with van der Waals surface area (Å²) < 4.78 is 0. The molecule has 1 aliphatic rings. The number of anilines is 1. The number of aromatic nitrogens is 1. The number of carbonyl (C=O) groups is 1. The summed E-state index contributed by atoms with van der Waals surface area (Å²) in [6.45, 7) is 2.94. The minimum absolute atomic E-state index is 0.607. The van der Waals surface area contributed by atoms with Crippen molar-refractivity contribution in [1.29, 1.82) is 0 Å². The Morgan fingerprint density at radius 2 is 2.37 bits per heavy atom. The monoisotopic (exact) mass is 272 g/mol. The molecule has 4 heteroatoms. The predicted octanol–water partition coefficient (Wildman–Crippen LogP) is 3.43. The predicted molar refractivity (Wildman–Crippen MR) is 77.9 cm³/mol. The lowest BCUT2D eigenvalue weighted by molar-refractivity contribution is 0.112. The second-order valence-electron chi connectivity index (χ2n) is 4.97. The minimum atomic E-state index is 0.607. The van der Waals surface area contributed by atoms with Crippen molar-refractivity contribution in [1.82, 2.24) is 4.98 Å². The Hall–Kier alpha value is -1.68. The van der Waals surface area contributed by atoms with E-state index < -0.39 is 0 Å². The van der Waals surface area contributed by atoms with E-state index in [1.54, 1.807) is 17.5 Å². The molecule has 3 nitrogen and oxygen atoms in total. The highest BCUT2D eigenvalue weighted by atomic mass is 32.1. The van der Waals surface area contributed by atoms with Crippen LogP contribution in [0.3, 0.4) is 0 Å². The first-order valence-electron chi connectivity index (χ1n) is 6.49. The Kier molecular flexibility index (Phi) is 3.34. The van der Waals surface area contributed by atoms with Crippen molar-refractivity contribution in [3.63, 3.8) is 0 Å². The van der Waals surface area contributed by atoms with Crippen LogP contribution in [0.4, 0.5) is 5.82 Å². The molecule has 2 aromatic rings. The molecule has 19 heavy (non-hydrogen) atoms. The van der Waals surface area contributed by atoms with Crippen molar-refractivity contribution < 1.29 is 4.79 Å². The highest BCUT2D eigenvalue weighted by Crippen LogP contribution is 2.34. The molecule has 98 valence electrons. The minimum Gasteiger partial charge on any atom is -0.348 e. The molecule has 0 spiro atoms. The Bertz CT molecular complexity index is 576. The van der Waals surface area contributed by atoms with E-state index >= 15 is 0 Å². The third-order valence-corrected chi connectivity index (χ3v) is 4.23. The van der Waals surface area contributed by atoms with Gasteiger partial charge in [0.15, 0.2) is 6.29 Å². The molecule has 0 aliphatic heterocycles. The Morgan fingerprint density at radius 3 is 2.95 bits per heavy atom. The van der Waals surface area contributed by atoms with Crippen molar-refractivity contribution in [2.75, 3.05) is 4.90 Å². The zero-order valence-corrected chi connectivity index (χ0v) is 11.7. The first kappa shape index (κ1) is 12.4. The summed E-state index contributed by atoms with van der Waals surface area (Å²) in [7, 11) is 0. The van der Waals surface area contributed by atoms with Crippen LogP contribution < -0.4 is 4.90 Å². The fourth-order valence-corrected chi connectivity index (χ4v) is 2.99. The van der Waals surface area contributed by atoms with E-state index in [4.69, 9.17) is 0 Å². The number of pyridine rings is 1. The lowest BCUT2D eigenvalue weighted by Crippen LogP contribution is -2.26. The van der Waals surface area contributed by atoms with Gasteiger partial charge in [-0.1, -0.05) is 6.07 Å². The molecular weight excluding hydrogens is 256 g/mol. The fourth-order valence-electron chi connectivity index (χ4n) is 2.29. The van der Waals surface area contributed by atoms with Gasteiger partial charge in [0.2, 0.25) is 0 Å². The molecule has 0 saturated heterocycles. The van der Waals surface area contributed by atoms with Gasteiger partial charge in [-0.15, -0.1) is 11.3 Å². The summed E-state index contributed by atoms with van der Waals surface area (Å²) in [4.78, 5) is 19.0. The van der Waals surface area contributed by atoms with Gasteiger partial charge < -0.3 is 4.90 Å². The second-order valence-corrected chi connectivity index (χ2v) is 6.00. The molecule has 0 bridgehead atoms. The largest absolute Gasteiger partial charge is 0.348 e. The normalized spacial score (nSPS) is 14.4. The molecule has 3 rings (SSSR count). The van der Waals surface area contributed by atoms with Crippen LogP contribution in [0, 0.1) is 6.92 Å². The van der Waals surface area contributed by atoms with E-state index in [1.165, 1.54) is 17.7 Å². The number of aldehydes is 1. The second kappa shape index (κ2) is 5.13. The lowest BCUT2D eigenvalue weighted by Gasteiger charge is -2.24. The molecule has 0 aromatic carbocycles. The van der Waals surface area contributed by atoms with Crippen LogP contribution in [0.5, 0.6) is 0 Å². The zero-order chi connectivity index (χ0) is 13.2. The fraction of sp³-hybridized carbons (Fsp3) is 0.333. The van der Waals surface area contributed by atoms with Gasteiger partial charge in [0, 0.05) is 22.7 Å². The number of hydrogen-bond donors (Lipinski definition) is 0. The summed E-state index contributed by atoms with van der Waals surface area (Å²) in [5.41, 5.74) is 1.72. The molecule has 2 aromatic heterocycles. The molecule has 2 heterocycles. The standard InChI is InChI=1S/C15H16N2OS/c1-11-7-12(10-18)8-16-15(11)17(13-4-5-13)9-14-3-2-6-19-14/h2-3,6-8,10,13H,4-5,9H2,1H3. The van der Waals surface area contributed by atoms with E-state index in [9.17, 15) is 4.79 Å². The number of thiophene rings is 1. The zero-order valence-electron chi connectivity index (χ0n) is 10.9. The first-order valence-corrected chi connectivity index (χ1v) is 7.37. The third-order valence-electron chi connectivity index (χ3n) is 3.37. The maximum Gasteiger partial charge on any atom is 0.151 e. The van der Waals surface area contributed by atoms with Crippen LogP contribution in [-0.4, -0.2) is 17.3 Å². The summed E-state index contributed by atoms with van der Waals surface area (Å²) in [5, 5.41) is 2.11. The van der Waals surface area contributed by atoms with Crippen LogP contribution in [0.25, 0.3) is 0 Å². The van der Waals surface area contributed by atoms with Crippen molar-refractivity contribution in [3.05, 3.63) is 45.8 Å². The molecule has 1 fully saturated rings. The van der Waals surface area contributed by atoms with Crippen molar-refractivity contribution in [3.8, 4) is 0 Å². The number of nitrogens with zero attached hydrogens (tertiary/aromatic N) is 2. The van der Waals surface area contributed by atoms with Gasteiger partial charge in [0.25, 0.3) is 0 Å². The molecule has 0 N–H and O–H groups in total. The smallest absolute Gasteiger partial charge is 0.151 e. The van der Waals surface area contributed by atoms with Crippen LogP contribution >= 0.6 is 11.3 Å². The maximum atomic E-state index is 10.8. The van der Waals surface area contributed by atoms with E-state index in [0.717, 1.165) is 24.2 Å². The average Bonchev–Trinajstić information content (AvgIpc) is 3.14. The summed E-state index contributed by atoms with van der Waals surface area (Å²) >= 11 is 1.78. The maximum absolute atomic E-state index is 10.8. The number of rotatable bonds is 5. The topological polar surface area (TPSA) is 33.2 Å². The van der Waals surface area contributed by atoms with Gasteiger partial charge in [-0.2, -0.15) is 0 Å². The molecule has 0 radical (unpaired) electrons. The Balaban J connectivity index is 1.89. The van der Waals surface area contributed by atoms with Gasteiger partial charge in [-0.25, -0.2) is 4.98 Å². The van der Waals surface area contributed by atoms with Gasteiger partial charge in [-0.05, 0) is 42.8 Å². The summed E-state index contributed by atoms with van der Waals surface area (Å²) in [5.74, 6) is 1.02. The van der Waals surface area contributed by atoms with E-state index in [0.29, 0.717) is 11.6 Å². The van der Waals surface area contributed by atoms with Crippen molar-refractivity contribution in [2.24, 2.45) is 0 Å². The molecular formula is C15H16N2OS. The number of aryl methyl sites for hydroxylation is 1. The summed E-state index contributed by atoms with van der Waals surface area (Å²) in [6, 6.07) is 6.77. The number of carbonyl (C=O) groups excluding carboxylic acids is 1. The SMILES string of the molecule is Cc1cc(C=O)cnc1N(Cc1cccs1)C1CC1. The Morgan fingerprint density at radius 1 is 1.53 bits per heavy atom. The highest BCUT2D eigenvalue weighted by molar-refractivity contribution is 7.09. The van der Waals surface area contributed by atoms with Gasteiger partial charge in [0.1, 0.15) is 5.82 Å². The molecule has 0 amide bonds. The van der Waals surface area contributed by atoms with E-state index in [-0.39, 0.29) is 0 Å². The van der Waals surface area contributed by atoms with Gasteiger partial charge in [0.05, 0.1) is 6.54 Å². The quantitative estimate of drug-likeness (QED) is 0.782. The molecule has 0 atom stereocenters. The van der Waals surface area contributed by atoms with Crippen LogP contribution in [0.15, 0.2) is 29.8 Å². The first-order chi connectivity index (χ1) is 9.28. The Labute approximate surface area is 116 Å². The third kappa shape index (κ3) is 2.68. The summed E-state index contributed by atoms with van der Waals surface area (Å²) in [6.07, 6.45) is 4.99. The van der Waals surface area contributed by atoms with Gasteiger partial charge >= 0.3 is 0 Å². The lowest BCUT2D eigenvalue weighted by atomic mass is 10.2. The van der Waals surface area contributed by atoms with Crippen LogP contribution in [-0.2, 0) is 6.54 Å². The molecule has 0 unspecified atom stereocenters.